The SMILES string of the molecule is Br.Cc1ccc(C2=CSC3=NN=C(c4ccccc4)C(c4ccccc4)N23)cc1. The lowest BCUT2D eigenvalue weighted by molar-refractivity contribution is 0.532. The van der Waals surface area contributed by atoms with E-state index in [0.717, 1.165) is 16.4 Å². The van der Waals surface area contributed by atoms with E-state index in [1.807, 2.05) is 6.07 Å². The molecule has 1 atom stereocenters. The molecule has 0 bridgehead atoms. The summed E-state index contributed by atoms with van der Waals surface area (Å²) < 4.78 is 0. The zero-order valence-corrected chi connectivity index (χ0v) is 18.4. The molecule has 3 aromatic rings. The molecule has 0 radical (unpaired) electrons. The molecule has 29 heavy (non-hydrogen) atoms. The minimum Gasteiger partial charge on any atom is -0.305 e. The Labute approximate surface area is 185 Å². The van der Waals surface area contributed by atoms with E-state index < -0.39 is 0 Å². The monoisotopic (exact) mass is 461 g/mol. The quantitative estimate of drug-likeness (QED) is 0.448. The number of halogens is 1. The van der Waals surface area contributed by atoms with Crippen molar-refractivity contribution in [3.05, 3.63) is 113 Å². The van der Waals surface area contributed by atoms with Gasteiger partial charge in [-0.2, -0.15) is 0 Å². The second-order valence-electron chi connectivity index (χ2n) is 6.90. The molecule has 0 N–H and O–H groups in total. The van der Waals surface area contributed by atoms with Gasteiger partial charge in [0.2, 0.25) is 0 Å². The van der Waals surface area contributed by atoms with Crippen LogP contribution in [0.1, 0.15) is 28.3 Å². The topological polar surface area (TPSA) is 28.0 Å². The minimum atomic E-state index is -0.0151. The molecule has 0 saturated heterocycles. The van der Waals surface area contributed by atoms with Crippen LogP contribution in [0.5, 0.6) is 0 Å². The number of aryl methyl sites for hydroxylation is 1. The summed E-state index contributed by atoms with van der Waals surface area (Å²) in [5.41, 5.74) is 6.89. The van der Waals surface area contributed by atoms with Crippen molar-refractivity contribution in [1.82, 2.24) is 4.90 Å². The van der Waals surface area contributed by atoms with Crippen LogP contribution in [-0.2, 0) is 0 Å². The molecular weight excluding hydrogens is 442 g/mol. The second kappa shape index (κ2) is 8.39. The summed E-state index contributed by atoms with van der Waals surface area (Å²) in [5, 5.41) is 12.3. The molecule has 1 unspecified atom stereocenters. The first-order valence-electron chi connectivity index (χ1n) is 9.30. The summed E-state index contributed by atoms with van der Waals surface area (Å²) in [4.78, 5) is 2.32. The Hall–Kier alpha value is -2.63. The fraction of sp³-hybridized carbons (Fsp3) is 0.0833. The fourth-order valence-corrected chi connectivity index (χ4v) is 4.49. The molecule has 0 fully saturated rings. The van der Waals surface area contributed by atoms with Gasteiger partial charge in [0.05, 0.1) is 11.4 Å². The van der Waals surface area contributed by atoms with Gasteiger partial charge in [-0.05, 0) is 18.1 Å². The Morgan fingerprint density at radius 1 is 0.759 bits per heavy atom. The standard InChI is InChI=1S/C24H19N3S.BrH/c1-17-12-14-18(15-13-17)21-16-28-24-26-25-22(19-8-4-2-5-9-19)23(27(21)24)20-10-6-3-7-11-20;/h2-16,23H,1H3;1H. The number of rotatable bonds is 3. The lowest BCUT2D eigenvalue weighted by atomic mass is 9.94. The van der Waals surface area contributed by atoms with Crippen molar-refractivity contribution in [2.24, 2.45) is 10.2 Å². The van der Waals surface area contributed by atoms with Crippen molar-refractivity contribution in [3.63, 3.8) is 0 Å². The van der Waals surface area contributed by atoms with Gasteiger partial charge in [0.15, 0.2) is 5.17 Å². The van der Waals surface area contributed by atoms with Crippen LogP contribution in [0.2, 0.25) is 0 Å². The van der Waals surface area contributed by atoms with Crippen LogP contribution >= 0.6 is 28.7 Å². The van der Waals surface area contributed by atoms with Crippen LogP contribution in [0.25, 0.3) is 5.70 Å². The zero-order valence-electron chi connectivity index (χ0n) is 15.9. The summed E-state index contributed by atoms with van der Waals surface area (Å²) in [6.45, 7) is 2.11. The first-order chi connectivity index (χ1) is 13.8. The lowest BCUT2D eigenvalue weighted by Crippen LogP contribution is -2.37. The summed E-state index contributed by atoms with van der Waals surface area (Å²) >= 11 is 1.64. The minimum absolute atomic E-state index is 0. The van der Waals surface area contributed by atoms with E-state index in [2.05, 4.69) is 106 Å². The maximum Gasteiger partial charge on any atom is 0.195 e. The Balaban J connectivity index is 0.00000205. The van der Waals surface area contributed by atoms with Gasteiger partial charge in [0.25, 0.3) is 0 Å². The predicted octanol–water partition coefficient (Wildman–Crippen LogP) is 6.44. The summed E-state index contributed by atoms with van der Waals surface area (Å²) in [6, 6.07) is 29.6. The Morgan fingerprint density at radius 2 is 1.41 bits per heavy atom. The third-order valence-corrected chi connectivity index (χ3v) is 5.86. The van der Waals surface area contributed by atoms with E-state index in [-0.39, 0.29) is 23.0 Å². The average Bonchev–Trinajstić information content (AvgIpc) is 3.19. The number of hydrogen-bond donors (Lipinski definition) is 0. The normalized spacial score (nSPS) is 17.6. The van der Waals surface area contributed by atoms with Crippen molar-refractivity contribution in [2.75, 3.05) is 0 Å². The highest BCUT2D eigenvalue weighted by atomic mass is 79.9. The molecular formula is C24H20BrN3S. The molecule has 2 aliphatic heterocycles. The van der Waals surface area contributed by atoms with E-state index in [0.29, 0.717) is 0 Å². The largest absolute Gasteiger partial charge is 0.305 e. The molecule has 5 rings (SSSR count). The molecule has 0 amide bonds. The van der Waals surface area contributed by atoms with Gasteiger partial charge >= 0.3 is 0 Å². The first-order valence-corrected chi connectivity index (χ1v) is 10.2. The smallest absolute Gasteiger partial charge is 0.195 e. The Bertz CT molecular complexity index is 1090. The lowest BCUT2D eigenvalue weighted by Gasteiger charge is -2.35. The van der Waals surface area contributed by atoms with Crippen molar-refractivity contribution >= 4 is 45.3 Å². The number of amidine groups is 1. The molecule has 0 aliphatic carbocycles. The van der Waals surface area contributed by atoms with Crippen LogP contribution in [0.4, 0.5) is 0 Å². The highest BCUT2D eigenvalue weighted by Gasteiger charge is 2.38. The van der Waals surface area contributed by atoms with Gasteiger partial charge in [0, 0.05) is 11.0 Å². The predicted molar refractivity (Wildman–Crippen MR) is 129 cm³/mol. The van der Waals surface area contributed by atoms with E-state index in [9.17, 15) is 0 Å². The van der Waals surface area contributed by atoms with E-state index >= 15 is 0 Å². The van der Waals surface area contributed by atoms with E-state index in [1.165, 1.54) is 22.4 Å². The molecule has 3 nitrogen and oxygen atoms in total. The number of nitrogens with zero attached hydrogens (tertiary/aromatic N) is 3. The Kier molecular flexibility index (Phi) is 5.69. The van der Waals surface area contributed by atoms with Crippen LogP contribution in [-0.4, -0.2) is 15.8 Å². The first kappa shape index (κ1) is 19.7. The summed E-state index contributed by atoms with van der Waals surface area (Å²) in [6.07, 6.45) is 0. The molecule has 0 saturated carbocycles. The van der Waals surface area contributed by atoms with E-state index in [1.54, 1.807) is 11.8 Å². The third-order valence-electron chi connectivity index (χ3n) is 5.03. The van der Waals surface area contributed by atoms with Crippen LogP contribution in [0.3, 0.4) is 0 Å². The van der Waals surface area contributed by atoms with Crippen molar-refractivity contribution in [1.29, 1.82) is 0 Å². The molecule has 2 heterocycles. The van der Waals surface area contributed by atoms with Crippen LogP contribution in [0.15, 0.2) is 101 Å². The van der Waals surface area contributed by atoms with Gasteiger partial charge in [-0.15, -0.1) is 27.2 Å². The third kappa shape index (κ3) is 3.68. The van der Waals surface area contributed by atoms with Crippen molar-refractivity contribution < 1.29 is 0 Å². The van der Waals surface area contributed by atoms with Crippen molar-refractivity contribution in [2.45, 2.75) is 13.0 Å². The molecule has 0 aromatic heterocycles. The maximum absolute atomic E-state index is 4.65. The number of thioether (sulfide) groups is 1. The zero-order chi connectivity index (χ0) is 18.9. The molecule has 0 spiro atoms. The van der Waals surface area contributed by atoms with Gasteiger partial charge in [-0.3, -0.25) is 0 Å². The molecule has 3 aromatic carbocycles. The molecule has 144 valence electrons. The molecule has 5 heteroatoms. The number of hydrogen-bond acceptors (Lipinski definition) is 4. The second-order valence-corrected chi connectivity index (χ2v) is 7.74. The average molecular weight is 462 g/mol. The van der Waals surface area contributed by atoms with Gasteiger partial charge < -0.3 is 4.90 Å². The highest BCUT2D eigenvalue weighted by molar-refractivity contribution is 8.93. The Morgan fingerprint density at radius 3 is 2.10 bits per heavy atom. The fourth-order valence-electron chi connectivity index (χ4n) is 3.62. The number of fused-ring (bicyclic) bond motifs is 1. The van der Waals surface area contributed by atoms with Gasteiger partial charge in [-0.25, -0.2) is 0 Å². The summed E-state index contributed by atoms with van der Waals surface area (Å²) in [5.74, 6) is 0. The van der Waals surface area contributed by atoms with Crippen LogP contribution < -0.4 is 0 Å². The maximum atomic E-state index is 4.65. The number of benzene rings is 3. The van der Waals surface area contributed by atoms with Crippen LogP contribution in [0, 0.1) is 6.92 Å². The van der Waals surface area contributed by atoms with Gasteiger partial charge in [0.1, 0.15) is 6.04 Å². The van der Waals surface area contributed by atoms with E-state index in [4.69, 9.17) is 0 Å². The van der Waals surface area contributed by atoms with Gasteiger partial charge in [-0.1, -0.05) is 102 Å². The highest BCUT2D eigenvalue weighted by Crippen LogP contribution is 2.43. The summed E-state index contributed by atoms with van der Waals surface area (Å²) in [7, 11) is 0. The van der Waals surface area contributed by atoms with Crippen molar-refractivity contribution in [3.8, 4) is 0 Å². The molecule has 2 aliphatic rings.